The van der Waals surface area contributed by atoms with Gasteiger partial charge < -0.3 is 0 Å². The molecule has 3 aromatic rings. The number of rotatable bonds is 4. The van der Waals surface area contributed by atoms with E-state index in [1.165, 1.54) is 5.56 Å². The van der Waals surface area contributed by atoms with Crippen molar-refractivity contribution < 1.29 is 4.79 Å². The molecule has 2 aromatic carbocycles. The zero-order chi connectivity index (χ0) is 17.6. The van der Waals surface area contributed by atoms with Crippen LogP contribution in [0.1, 0.15) is 52.5 Å². The molecule has 1 heterocycles. The molecule has 26 heavy (non-hydrogen) atoms. The summed E-state index contributed by atoms with van der Waals surface area (Å²) in [6.07, 6.45) is 3.28. The molecule has 0 spiro atoms. The quantitative estimate of drug-likeness (QED) is 0.632. The van der Waals surface area contributed by atoms with E-state index in [1.807, 2.05) is 36.4 Å². The number of nitrogens with zero attached hydrogens (tertiary/aromatic N) is 1. The number of hydrazine groups is 1. The number of benzene rings is 2. The maximum absolute atomic E-state index is 12.8. The zero-order valence-corrected chi connectivity index (χ0v) is 14.3. The molecule has 2 aliphatic rings. The van der Waals surface area contributed by atoms with Crippen LogP contribution in [-0.2, 0) is 5.41 Å². The third kappa shape index (κ3) is 2.17. The summed E-state index contributed by atoms with van der Waals surface area (Å²) in [5.74, 6) is 0.274. The second-order valence-corrected chi connectivity index (χ2v) is 7.19. The van der Waals surface area contributed by atoms with Gasteiger partial charge in [0.2, 0.25) is 0 Å². The first kappa shape index (κ1) is 15.2. The Kier molecular flexibility index (Phi) is 3.35. The largest absolute Gasteiger partial charge is 0.298 e. The Morgan fingerprint density at radius 3 is 2.58 bits per heavy atom. The van der Waals surface area contributed by atoms with Gasteiger partial charge >= 0.3 is 0 Å². The molecule has 2 bridgehead atoms. The lowest BCUT2D eigenvalue weighted by molar-refractivity contribution is 0.0955. The zero-order valence-electron chi connectivity index (χ0n) is 14.3. The third-order valence-corrected chi connectivity index (χ3v) is 5.83. The van der Waals surface area contributed by atoms with Crippen LogP contribution < -0.4 is 10.9 Å². The molecule has 1 saturated carbocycles. The lowest BCUT2D eigenvalue weighted by Crippen LogP contribution is -2.33. The number of anilines is 1. The number of carbonyl (C=O) groups is 1. The molecular weight excluding hydrogens is 324 g/mol. The Hall–Kier alpha value is -3.08. The van der Waals surface area contributed by atoms with E-state index >= 15 is 0 Å². The standard InChI is InChI=1S/C21H20N4O/c26-20(25-22-16-9-5-2-6-10-16)19-17-18(23-24-19)14-11-12-21(17,13-14)15-7-3-1-4-8-15/h1-10,14,22H,11-13H2,(H,23,24)(H,25,26). The Morgan fingerprint density at radius 1 is 1.08 bits per heavy atom. The topological polar surface area (TPSA) is 69.8 Å². The second-order valence-electron chi connectivity index (χ2n) is 7.19. The number of aromatic nitrogens is 2. The lowest BCUT2D eigenvalue weighted by Gasteiger charge is -2.28. The lowest BCUT2D eigenvalue weighted by atomic mass is 9.74. The van der Waals surface area contributed by atoms with Crippen molar-refractivity contribution in [3.05, 3.63) is 83.2 Å². The van der Waals surface area contributed by atoms with Crippen LogP contribution in [0.15, 0.2) is 60.7 Å². The van der Waals surface area contributed by atoms with E-state index in [0.717, 1.165) is 36.2 Å². The molecule has 2 unspecified atom stereocenters. The number of fused-ring (bicyclic) bond motifs is 5. The molecule has 5 heteroatoms. The third-order valence-electron chi connectivity index (χ3n) is 5.83. The summed E-state index contributed by atoms with van der Waals surface area (Å²) < 4.78 is 0. The van der Waals surface area contributed by atoms with Crippen LogP contribution >= 0.6 is 0 Å². The number of hydrogen-bond acceptors (Lipinski definition) is 3. The Bertz CT molecular complexity index is 951. The van der Waals surface area contributed by atoms with Crippen molar-refractivity contribution >= 4 is 11.6 Å². The fourth-order valence-electron chi connectivity index (χ4n) is 4.69. The Morgan fingerprint density at radius 2 is 1.81 bits per heavy atom. The highest BCUT2D eigenvalue weighted by molar-refractivity contribution is 5.95. The first-order chi connectivity index (χ1) is 12.8. The predicted molar refractivity (Wildman–Crippen MR) is 99.9 cm³/mol. The molecule has 2 atom stereocenters. The fraction of sp³-hybridized carbons (Fsp3) is 0.238. The molecule has 0 saturated heterocycles. The molecule has 1 amide bonds. The Labute approximate surface area is 151 Å². The van der Waals surface area contributed by atoms with Crippen LogP contribution in [0.25, 0.3) is 0 Å². The average Bonchev–Trinajstić information content (AvgIpc) is 3.40. The molecule has 0 aliphatic heterocycles. The first-order valence-electron chi connectivity index (χ1n) is 9.03. The molecule has 130 valence electrons. The van der Waals surface area contributed by atoms with Gasteiger partial charge in [0.25, 0.3) is 5.91 Å². The van der Waals surface area contributed by atoms with E-state index in [-0.39, 0.29) is 11.3 Å². The van der Waals surface area contributed by atoms with E-state index in [1.54, 1.807) is 0 Å². The molecule has 5 nitrogen and oxygen atoms in total. The van der Waals surface area contributed by atoms with Crippen molar-refractivity contribution in [2.75, 3.05) is 5.43 Å². The monoisotopic (exact) mass is 344 g/mol. The van der Waals surface area contributed by atoms with Crippen molar-refractivity contribution in [3.63, 3.8) is 0 Å². The second kappa shape index (κ2) is 5.73. The van der Waals surface area contributed by atoms with Gasteiger partial charge in [-0.05, 0) is 37.0 Å². The summed E-state index contributed by atoms with van der Waals surface area (Å²) in [6.45, 7) is 0. The van der Waals surface area contributed by atoms with Gasteiger partial charge in [-0.3, -0.25) is 20.7 Å². The minimum atomic E-state index is -0.200. The molecule has 3 N–H and O–H groups in total. The first-order valence-corrected chi connectivity index (χ1v) is 9.03. The summed E-state index contributed by atoms with van der Waals surface area (Å²) in [6, 6.07) is 20.1. The van der Waals surface area contributed by atoms with Crippen LogP contribution in [-0.4, -0.2) is 16.1 Å². The van der Waals surface area contributed by atoms with Crippen molar-refractivity contribution in [2.45, 2.75) is 30.6 Å². The number of H-pyrrole nitrogens is 1. The van der Waals surface area contributed by atoms with Crippen molar-refractivity contribution in [3.8, 4) is 0 Å². The fourth-order valence-corrected chi connectivity index (χ4v) is 4.69. The van der Waals surface area contributed by atoms with E-state index < -0.39 is 0 Å². The van der Waals surface area contributed by atoms with Crippen LogP contribution in [0, 0.1) is 0 Å². The average molecular weight is 344 g/mol. The normalized spacial score (nSPS) is 22.8. The van der Waals surface area contributed by atoms with Crippen LogP contribution in [0.2, 0.25) is 0 Å². The van der Waals surface area contributed by atoms with Crippen LogP contribution in [0.3, 0.4) is 0 Å². The van der Waals surface area contributed by atoms with Gasteiger partial charge in [0.1, 0.15) is 0 Å². The molecule has 1 fully saturated rings. The summed E-state index contributed by atoms with van der Waals surface area (Å²) in [7, 11) is 0. The summed E-state index contributed by atoms with van der Waals surface area (Å²) >= 11 is 0. The number of carbonyl (C=O) groups excluding carboxylic acids is 1. The van der Waals surface area contributed by atoms with E-state index in [0.29, 0.717) is 11.6 Å². The Balaban J connectivity index is 1.48. The number of aromatic amines is 1. The van der Waals surface area contributed by atoms with Crippen LogP contribution in [0.4, 0.5) is 5.69 Å². The molecule has 5 rings (SSSR count). The highest BCUT2D eigenvalue weighted by atomic mass is 16.2. The van der Waals surface area contributed by atoms with Gasteiger partial charge in [-0.15, -0.1) is 0 Å². The van der Waals surface area contributed by atoms with Gasteiger partial charge in [-0.1, -0.05) is 48.5 Å². The van der Waals surface area contributed by atoms with Crippen LogP contribution in [0.5, 0.6) is 0 Å². The maximum atomic E-state index is 12.8. The molecular formula is C21H20N4O. The SMILES string of the molecule is O=C(NNc1ccccc1)c1n[nH]c2c1C1(c3ccccc3)CCC2C1. The summed E-state index contributed by atoms with van der Waals surface area (Å²) in [4.78, 5) is 12.8. The van der Waals surface area contributed by atoms with Crippen molar-refractivity contribution in [1.82, 2.24) is 15.6 Å². The van der Waals surface area contributed by atoms with Crippen molar-refractivity contribution in [2.24, 2.45) is 0 Å². The highest BCUT2D eigenvalue weighted by Gasteiger charge is 2.53. The van der Waals surface area contributed by atoms with E-state index in [9.17, 15) is 4.79 Å². The van der Waals surface area contributed by atoms with Gasteiger partial charge in [-0.2, -0.15) is 5.10 Å². The van der Waals surface area contributed by atoms with Gasteiger partial charge in [0, 0.05) is 22.6 Å². The molecule has 0 radical (unpaired) electrons. The summed E-state index contributed by atoms with van der Waals surface area (Å²) in [5, 5.41) is 7.54. The maximum Gasteiger partial charge on any atom is 0.290 e. The number of para-hydroxylation sites is 1. The highest BCUT2D eigenvalue weighted by Crippen LogP contribution is 2.60. The number of hydrogen-bond donors (Lipinski definition) is 3. The summed E-state index contributed by atoms with van der Waals surface area (Å²) in [5.41, 5.74) is 10.5. The van der Waals surface area contributed by atoms with Crippen molar-refractivity contribution in [1.29, 1.82) is 0 Å². The number of amides is 1. The minimum absolute atomic E-state index is 0.0896. The van der Waals surface area contributed by atoms with E-state index in [4.69, 9.17) is 0 Å². The number of nitrogens with one attached hydrogen (secondary N) is 3. The van der Waals surface area contributed by atoms with Gasteiger partial charge in [-0.25, -0.2) is 0 Å². The van der Waals surface area contributed by atoms with Gasteiger partial charge in [0.05, 0.1) is 5.69 Å². The molecule has 1 aromatic heterocycles. The van der Waals surface area contributed by atoms with E-state index in [2.05, 4.69) is 45.3 Å². The minimum Gasteiger partial charge on any atom is -0.298 e. The van der Waals surface area contributed by atoms with Gasteiger partial charge in [0.15, 0.2) is 5.69 Å². The molecule has 2 aliphatic carbocycles. The predicted octanol–water partition coefficient (Wildman–Crippen LogP) is 3.73. The smallest absolute Gasteiger partial charge is 0.290 e.